The van der Waals surface area contributed by atoms with E-state index >= 15 is 0 Å². The molecule has 8 atom stereocenters. The van der Waals surface area contributed by atoms with Gasteiger partial charge in [0.1, 0.15) is 6.10 Å². The Hall–Kier alpha value is -3.31. The summed E-state index contributed by atoms with van der Waals surface area (Å²) < 4.78 is 0. The molecule has 1 aromatic carbocycles. The van der Waals surface area contributed by atoms with Crippen LogP contribution in [0.15, 0.2) is 41.1 Å². The Labute approximate surface area is 238 Å². The van der Waals surface area contributed by atoms with E-state index in [0.29, 0.717) is 24.2 Å². The van der Waals surface area contributed by atoms with Crippen molar-refractivity contribution >= 4 is 23.3 Å². The first-order chi connectivity index (χ1) is 19.4. The fourth-order valence-electron chi connectivity index (χ4n) is 8.29. The van der Waals surface area contributed by atoms with Crippen LogP contribution in [0, 0.1) is 38.7 Å². The van der Waals surface area contributed by atoms with Crippen LogP contribution in [-0.4, -0.2) is 56.6 Å². The number of carbonyl (C=O) groups is 2. The van der Waals surface area contributed by atoms with Crippen molar-refractivity contribution in [1.82, 2.24) is 5.32 Å². The van der Waals surface area contributed by atoms with Gasteiger partial charge < -0.3 is 25.5 Å². The molecule has 5 rings (SSSR count). The molecule has 0 unspecified atom stereocenters. The van der Waals surface area contributed by atoms with Crippen LogP contribution in [0.5, 0.6) is 0 Å². The minimum Gasteiger partial charge on any atom is -0.480 e. The molecule has 4 aliphatic carbocycles. The smallest absolute Gasteiger partial charge is 0.329 e. The molecule has 1 aromatic rings. The molecule has 11 nitrogen and oxygen atoms in total. The number of hydrogen-bond acceptors (Lipinski definition) is 8. The summed E-state index contributed by atoms with van der Waals surface area (Å²) in [5.74, 6) is -0.484. The fraction of sp³-hybridized carbons (Fsp3) is 0.633. The molecule has 1 amide bonds. The van der Waals surface area contributed by atoms with Crippen molar-refractivity contribution in [3.8, 4) is 0 Å². The minimum atomic E-state index is -1.73. The lowest BCUT2D eigenvalue weighted by Gasteiger charge is -2.57. The number of aliphatic hydroxyl groups is 2. The summed E-state index contributed by atoms with van der Waals surface area (Å²) in [5, 5.41) is 48.2. The summed E-state index contributed by atoms with van der Waals surface area (Å²) in [6.45, 7) is 4.11. The topological polar surface area (TPSA) is 172 Å². The average Bonchev–Trinajstić information content (AvgIpc) is 3.25. The third-order valence-corrected chi connectivity index (χ3v) is 10.6. The maximum atomic E-state index is 12.5. The van der Waals surface area contributed by atoms with Crippen LogP contribution in [0.4, 0.5) is 5.69 Å². The lowest BCUT2D eigenvalue weighted by Crippen LogP contribution is -2.51. The van der Waals surface area contributed by atoms with Crippen LogP contribution in [0.25, 0.3) is 0 Å². The van der Waals surface area contributed by atoms with E-state index in [4.69, 9.17) is 4.84 Å². The van der Waals surface area contributed by atoms with Crippen molar-refractivity contribution in [2.45, 2.75) is 83.5 Å². The number of hydrogen-bond donors (Lipinski definition) is 4. The number of non-ortho nitro benzene ring substituents is 1. The van der Waals surface area contributed by atoms with Crippen LogP contribution < -0.4 is 5.32 Å². The average molecular weight is 570 g/mol. The number of aliphatic hydroxyl groups excluding tert-OH is 2. The second kappa shape index (κ2) is 11.2. The van der Waals surface area contributed by atoms with Crippen LogP contribution in [0.1, 0.15) is 76.9 Å². The van der Waals surface area contributed by atoms with Crippen molar-refractivity contribution in [2.24, 2.45) is 33.7 Å². The van der Waals surface area contributed by atoms with Gasteiger partial charge in [-0.05, 0) is 91.6 Å². The number of nitrogens with one attached hydrogen (secondary N) is 1. The van der Waals surface area contributed by atoms with Gasteiger partial charge in [0.15, 0.2) is 12.6 Å². The maximum Gasteiger partial charge on any atom is 0.329 e. The van der Waals surface area contributed by atoms with Crippen molar-refractivity contribution in [1.29, 1.82) is 0 Å². The molecule has 0 radical (unpaired) electrons. The predicted octanol–water partition coefficient (Wildman–Crippen LogP) is 3.89. The Bertz CT molecular complexity index is 1280. The molecule has 0 aromatic heterocycles. The number of amides is 1. The van der Waals surface area contributed by atoms with Crippen LogP contribution in [-0.2, 0) is 14.4 Å². The summed E-state index contributed by atoms with van der Waals surface area (Å²) in [6.07, 6.45) is 8.16. The van der Waals surface area contributed by atoms with Crippen LogP contribution in [0.3, 0.4) is 0 Å². The summed E-state index contributed by atoms with van der Waals surface area (Å²) in [5.41, 5.74) is 1.93. The van der Waals surface area contributed by atoms with Gasteiger partial charge in [-0.25, -0.2) is 4.79 Å². The molecule has 0 spiro atoms. The molecule has 222 valence electrons. The predicted molar refractivity (Wildman–Crippen MR) is 149 cm³/mol. The Morgan fingerprint density at radius 1 is 1.17 bits per heavy atom. The van der Waals surface area contributed by atoms with Crippen molar-refractivity contribution in [2.75, 3.05) is 6.61 Å². The SMILES string of the molecule is C[C@]12CC[C@H]3[C@@H](CCC4=C/C(=N/OCC(=O)N[C@H](C(=O)O)[C@H](O)c5cccc([N+](=O)[O-])c5)CC[C@@]43C)[C@@H]1CC[C@@H]2O. The van der Waals surface area contributed by atoms with Gasteiger partial charge in [0, 0.05) is 12.1 Å². The van der Waals surface area contributed by atoms with E-state index in [9.17, 15) is 35.0 Å². The highest BCUT2D eigenvalue weighted by atomic mass is 16.6. The molecule has 41 heavy (non-hydrogen) atoms. The van der Waals surface area contributed by atoms with E-state index in [1.807, 2.05) is 0 Å². The number of nitro benzene ring substituents is 1. The number of fused-ring (bicyclic) bond motifs is 5. The number of benzene rings is 1. The minimum absolute atomic E-state index is 0.00800. The van der Waals surface area contributed by atoms with Crippen LogP contribution >= 0.6 is 0 Å². The number of nitro groups is 1. The fourth-order valence-corrected chi connectivity index (χ4v) is 8.29. The molecule has 0 saturated heterocycles. The highest BCUT2D eigenvalue weighted by molar-refractivity contribution is 5.96. The number of rotatable bonds is 8. The quantitative estimate of drug-likeness (QED) is 0.270. The summed E-state index contributed by atoms with van der Waals surface area (Å²) in [6, 6.07) is 3.24. The Morgan fingerprint density at radius 3 is 2.68 bits per heavy atom. The number of nitrogens with zero attached hydrogens (tertiary/aromatic N) is 2. The number of carbonyl (C=O) groups excluding carboxylic acids is 1. The Kier molecular flexibility index (Phi) is 7.95. The molecular weight excluding hydrogens is 530 g/mol. The van der Waals surface area contributed by atoms with E-state index < -0.39 is 35.6 Å². The van der Waals surface area contributed by atoms with Gasteiger partial charge in [-0.1, -0.05) is 36.7 Å². The molecule has 3 fully saturated rings. The third-order valence-electron chi connectivity index (χ3n) is 10.6. The standard InChI is InChI=1S/C30H39N3O8/c1-29-12-10-19(15-18(29)6-7-21-22-8-9-24(34)30(22,2)13-11-23(21)29)32-41-16-25(35)31-26(28(37)38)27(36)17-4-3-5-20(14-17)33(39)40/h3-5,14-15,21-24,26-27,34,36H,6-13,16H2,1-2H3,(H,31,35)(H,37,38)/b32-19+/t21-,22-,23-,24-,26-,27+,29-,30-/m0/s1. The zero-order valence-electron chi connectivity index (χ0n) is 23.5. The molecule has 3 saturated carbocycles. The number of carboxylic acids is 1. The van der Waals surface area contributed by atoms with Crippen molar-refractivity contribution in [3.63, 3.8) is 0 Å². The van der Waals surface area contributed by atoms with Crippen molar-refractivity contribution in [3.05, 3.63) is 51.6 Å². The maximum absolute atomic E-state index is 12.5. The Balaban J connectivity index is 1.19. The van der Waals surface area contributed by atoms with E-state index in [1.165, 1.54) is 23.8 Å². The first-order valence-corrected chi connectivity index (χ1v) is 14.5. The molecule has 4 aliphatic rings. The van der Waals surface area contributed by atoms with Gasteiger partial charge in [0.05, 0.1) is 16.7 Å². The highest BCUT2D eigenvalue weighted by Crippen LogP contribution is 2.65. The van der Waals surface area contributed by atoms with Gasteiger partial charge in [-0.2, -0.15) is 0 Å². The van der Waals surface area contributed by atoms with Gasteiger partial charge in [-0.15, -0.1) is 0 Å². The number of carboxylic acid groups (broad SMARTS) is 1. The van der Waals surface area contributed by atoms with Crippen LogP contribution in [0.2, 0.25) is 0 Å². The van der Waals surface area contributed by atoms with E-state index in [-0.39, 0.29) is 28.2 Å². The summed E-state index contributed by atoms with van der Waals surface area (Å²) in [4.78, 5) is 39.9. The number of oxime groups is 1. The lowest BCUT2D eigenvalue weighted by molar-refractivity contribution is -0.385. The molecule has 0 aliphatic heterocycles. The summed E-state index contributed by atoms with van der Waals surface area (Å²) in [7, 11) is 0. The zero-order chi connectivity index (χ0) is 29.5. The second-order valence-corrected chi connectivity index (χ2v) is 12.7. The monoisotopic (exact) mass is 569 g/mol. The second-order valence-electron chi connectivity index (χ2n) is 12.7. The van der Waals surface area contributed by atoms with E-state index in [2.05, 4.69) is 30.4 Å². The van der Waals surface area contributed by atoms with E-state index in [1.54, 1.807) is 0 Å². The Morgan fingerprint density at radius 2 is 1.95 bits per heavy atom. The molecule has 0 heterocycles. The first kappa shape index (κ1) is 29.2. The normalized spacial score (nSPS) is 34.8. The zero-order valence-corrected chi connectivity index (χ0v) is 23.5. The van der Waals surface area contributed by atoms with Gasteiger partial charge in [0.25, 0.3) is 11.6 Å². The highest BCUT2D eigenvalue weighted by Gasteiger charge is 2.58. The molecule has 4 N–H and O–H groups in total. The van der Waals surface area contributed by atoms with Gasteiger partial charge in [0.2, 0.25) is 0 Å². The molecule has 0 bridgehead atoms. The number of allylic oxidation sites excluding steroid dienone is 2. The lowest BCUT2D eigenvalue weighted by atomic mass is 9.47. The largest absolute Gasteiger partial charge is 0.480 e. The van der Waals surface area contributed by atoms with Crippen molar-refractivity contribution < 1.29 is 34.7 Å². The van der Waals surface area contributed by atoms with Gasteiger partial charge in [-0.3, -0.25) is 14.9 Å². The third kappa shape index (κ3) is 5.37. The first-order valence-electron chi connectivity index (χ1n) is 14.5. The van der Waals surface area contributed by atoms with E-state index in [0.717, 1.165) is 56.7 Å². The number of aliphatic carboxylic acids is 1. The molecular formula is C30H39N3O8. The van der Waals surface area contributed by atoms with Gasteiger partial charge >= 0.3 is 5.97 Å². The molecule has 11 heteroatoms. The summed E-state index contributed by atoms with van der Waals surface area (Å²) >= 11 is 0.